The van der Waals surface area contributed by atoms with E-state index >= 15 is 0 Å². The van der Waals surface area contributed by atoms with E-state index in [1.54, 1.807) is 0 Å². The molecule has 1 nitrogen and oxygen atoms in total. The molecule has 0 heterocycles. The maximum Gasteiger partial charge on any atom is 0.163 e. The van der Waals surface area contributed by atoms with Gasteiger partial charge < -0.3 is 0 Å². The highest BCUT2D eigenvalue weighted by molar-refractivity contribution is 6.00. The second-order valence-electron chi connectivity index (χ2n) is 6.61. The molecule has 0 unspecified atom stereocenters. The Morgan fingerprint density at radius 2 is 1.61 bits per heavy atom. The van der Waals surface area contributed by atoms with Gasteiger partial charge in [0.1, 0.15) is 0 Å². The highest BCUT2D eigenvalue weighted by Crippen LogP contribution is 2.38. The quantitative estimate of drug-likeness (QED) is 0.358. The van der Waals surface area contributed by atoms with Crippen LogP contribution in [-0.2, 0) is 6.42 Å². The Balaban J connectivity index is 1.65. The number of hydrogen-bond acceptors (Lipinski definition) is 1. The summed E-state index contributed by atoms with van der Waals surface area (Å²) in [7, 11) is 0. The van der Waals surface area contributed by atoms with Crippen molar-refractivity contribution < 1.29 is 4.79 Å². The van der Waals surface area contributed by atoms with Gasteiger partial charge in [-0.25, -0.2) is 0 Å². The molecule has 3 rings (SSSR count). The van der Waals surface area contributed by atoms with Crippen LogP contribution in [0.2, 0.25) is 0 Å². The van der Waals surface area contributed by atoms with Crippen molar-refractivity contribution in [1.29, 1.82) is 0 Å². The van der Waals surface area contributed by atoms with Crippen LogP contribution in [0.4, 0.5) is 0 Å². The number of benzene rings is 2. The molecule has 0 atom stereocenters. The molecule has 120 valence electrons. The van der Waals surface area contributed by atoms with E-state index in [0.29, 0.717) is 12.2 Å². The molecule has 0 bridgehead atoms. The molecule has 0 saturated heterocycles. The van der Waals surface area contributed by atoms with Gasteiger partial charge in [-0.15, -0.1) is 0 Å². The minimum absolute atomic E-state index is 0.324. The third kappa shape index (κ3) is 3.55. The van der Waals surface area contributed by atoms with E-state index in [4.69, 9.17) is 0 Å². The van der Waals surface area contributed by atoms with Crippen molar-refractivity contribution in [3.05, 3.63) is 59.2 Å². The van der Waals surface area contributed by atoms with Crippen LogP contribution in [-0.4, -0.2) is 5.78 Å². The lowest BCUT2D eigenvalue weighted by atomic mass is 9.95. The average molecular weight is 306 g/mol. The zero-order chi connectivity index (χ0) is 16.1. The second-order valence-corrected chi connectivity index (χ2v) is 6.61. The normalized spacial score (nSPS) is 12.0. The highest BCUT2D eigenvalue weighted by Gasteiger charge is 2.22. The Kier molecular flexibility index (Phi) is 5.27. The van der Waals surface area contributed by atoms with E-state index in [-0.39, 0.29) is 0 Å². The van der Waals surface area contributed by atoms with Crippen molar-refractivity contribution in [2.24, 2.45) is 0 Å². The van der Waals surface area contributed by atoms with Gasteiger partial charge in [-0.1, -0.05) is 81.5 Å². The second kappa shape index (κ2) is 7.59. The number of rotatable bonds is 8. The summed E-state index contributed by atoms with van der Waals surface area (Å²) in [5, 5.41) is 0. The first-order chi connectivity index (χ1) is 11.3. The van der Waals surface area contributed by atoms with Crippen LogP contribution in [0.5, 0.6) is 0 Å². The van der Waals surface area contributed by atoms with Crippen LogP contribution in [0.25, 0.3) is 11.1 Å². The Hall–Kier alpha value is -1.89. The van der Waals surface area contributed by atoms with E-state index in [0.717, 1.165) is 18.4 Å². The van der Waals surface area contributed by atoms with Crippen molar-refractivity contribution >= 4 is 5.78 Å². The van der Waals surface area contributed by atoms with Crippen molar-refractivity contribution in [2.75, 3.05) is 0 Å². The minimum atomic E-state index is 0.324. The molecule has 1 aliphatic carbocycles. The largest absolute Gasteiger partial charge is 0.294 e. The molecule has 1 aliphatic rings. The SMILES string of the molecule is CCCCCCCCC(=O)c1cccc2c1Cc1ccccc1-2. The standard InChI is InChI=1S/C22H26O/c1-2-3-4-5-6-7-15-22(23)20-14-10-13-19-18-12-9-8-11-17(18)16-21(19)20/h8-14H,2-7,15-16H2,1H3. The maximum atomic E-state index is 12.6. The lowest BCUT2D eigenvalue weighted by Gasteiger charge is -2.08. The predicted molar refractivity (Wildman–Crippen MR) is 97.0 cm³/mol. The molecule has 0 spiro atoms. The van der Waals surface area contributed by atoms with E-state index in [9.17, 15) is 4.79 Å². The van der Waals surface area contributed by atoms with E-state index < -0.39 is 0 Å². The molecule has 0 N–H and O–H groups in total. The van der Waals surface area contributed by atoms with Crippen molar-refractivity contribution in [3.63, 3.8) is 0 Å². The Morgan fingerprint density at radius 1 is 0.870 bits per heavy atom. The van der Waals surface area contributed by atoms with Gasteiger partial charge in [0.25, 0.3) is 0 Å². The van der Waals surface area contributed by atoms with Crippen molar-refractivity contribution in [1.82, 2.24) is 0 Å². The number of carbonyl (C=O) groups is 1. The van der Waals surface area contributed by atoms with Gasteiger partial charge in [0, 0.05) is 12.0 Å². The molecule has 23 heavy (non-hydrogen) atoms. The maximum absolute atomic E-state index is 12.6. The van der Waals surface area contributed by atoms with E-state index in [2.05, 4.69) is 37.3 Å². The van der Waals surface area contributed by atoms with Crippen LogP contribution >= 0.6 is 0 Å². The fourth-order valence-electron chi connectivity index (χ4n) is 3.62. The molecule has 0 aliphatic heterocycles. The molecule has 0 radical (unpaired) electrons. The fourth-order valence-corrected chi connectivity index (χ4v) is 3.62. The summed E-state index contributed by atoms with van der Waals surface area (Å²) in [6, 6.07) is 14.7. The van der Waals surface area contributed by atoms with Gasteiger partial charge in [0.05, 0.1) is 0 Å². The first kappa shape index (κ1) is 16.0. The van der Waals surface area contributed by atoms with Crippen LogP contribution < -0.4 is 0 Å². The van der Waals surface area contributed by atoms with Crippen molar-refractivity contribution in [2.45, 2.75) is 58.3 Å². The van der Waals surface area contributed by atoms with E-state index in [1.807, 2.05) is 12.1 Å². The number of fused-ring (bicyclic) bond motifs is 3. The number of carbonyl (C=O) groups excluding carboxylic acids is 1. The lowest BCUT2D eigenvalue weighted by Crippen LogP contribution is -2.03. The predicted octanol–water partition coefficient (Wildman–Crippen LogP) is 6.19. The average Bonchev–Trinajstić information content (AvgIpc) is 2.96. The first-order valence-electron chi connectivity index (χ1n) is 9.04. The summed E-state index contributed by atoms with van der Waals surface area (Å²) in [6.07, 6.45) is 8.97. The highest BCUT2D eigenvalue weighted by atomic mass is 16.1. The number of ketones is 1. The molecule has 0 amide bonds. The molecular weight excluding hydrogens is 280 g/mol. The fraction of sp³-hybridized carbons (Fsp3) is 0.409. The molecule has 1 heteroatoms. The van der Waals surface area contributed by atoms with Gasteiger partial charge in [0.15, 0.2) is 5.78 Å². The Bertz CT molecular complexity index is 684. The van der Waals surface area contributed by atoms with Crippen molar-refractivity contribution in [3.8, 4) is 11.1 Å². The van der Waals surface area contributed by atoms with Crippen LogP contribution in [0.15, 0.2) is 42.5 Å². The summed E-state index contributed by atoms with van der Waals surface area (Å²) in [4.78, 5) is 12.6. The molecular formula is C22H26O. The van der Waals surface area contributed by atoms with Gasteiger partial charge in [-0.3, -0.25) is 4.79 Å². The van der Waals surface area contributed by atoms with Crippen LogP contribution in [0.3, 0.4) is 0 Å². The third-order valence-corrected chi connectivity index (χ3v) is 4.91. The summed E-state index contributed by atoms with van der Waals surface area (Å²) in [5.41, 5.74) is 6.10. The smallest absolute Gasteiger partial charge is 0.163 e. The summed E-state index contributed by atoms with van der Waals surface area (Å²) >= 11 is 0. The molecule has 2 aromatic rings. The number of unbranched alkanes of at least 4 members (excludes halogenated alkanes) is 5. The zero-order valence-corrected chi connectivity index (χ0v) is 14.1. The number of hydrogen-bond donors (Lipinski definition) is 0. The van der Waals surface area contributed by atoms with Gasteiger partial charge >= 0.3 is 0 Å². The van der Waals surface area contributed by atoms with Crippen LogP contribution in [0.1, 0.15) is 73.4 Å². The zero-order valence-electron chi connectivity index (χ0n) is 14.1. The Labute approximate surface area is 139 Å². The molecule has 0 fully saturated rings. The van der Waals surface area contributed by atoms with Crippen LogP contribution in [0, 0.1) is 0 Å². The lowest BCUT2D eigenvalue weighted by molar-refractivity contribution is 0.0978. The first-order valence-corrected chi connectivity index (χ1v) is 9.04. The van der Waals surface area contributed by atoms with Gasteiger partial charge in [-0.2, -0.15) is 0 Å². The van der Waals surface area contributed by atoms with Gasteiger partial charge in [0.2, 0.25) is 0 Å². The number of Topliss-reactive ketones (excluding diaryl/α,β-unsaturated/α-hetero) is 1. The molecule has 2 aromatic carbocycles. The molecule has 0 saturated carbocycles. The monoisotopic (exact) mass is 306 g/mol. The summed E-state index contributed by atoms with van der Waals surface area (Å²) in [5.74, 6) is 0.324. The summed E-state index contributed by atoms with van der Waals surface area (Å²) in [6.45, 7) is 2.23. The topological polar surface area (TPSA) is 17.1 Å². The Morgan fingerprint density at radius 3 is 2.48 bits per heavy atom. The minimum Gasteiger partial charge on any atom is -0.294 e. The molecule has 0 aromatic heterocycles. The van der Waals surface area contributed by atoms with E-state index in [1.165, 1.54) is 54.4 Å². The summed E-state index contributed by atoms with van der Waals surface area (Å²) < 4.78 is 0. The van der Waals surface area contributed by atoms with Gasteiger partial charge in [-0.05, 0) is 35.1 Å². The third-order valence-electron chi connectivity index (χ3n) is 4.91.